The van der Waals surface area contributed by atoms with Gasteiger partial charge in [-0.1, -0.05) is 87.7 Å². The van der Waals surface area contributed by atoms with Gasteiger partial charge in [0.1, 0.15) is 13.2 Å². The van der Waals surface area contributed by atoms with Gasteiger partial charge >= 0.3 is 23.9 Å². The molecule has 1 fully saturated rings. The van der Waals surface area contributed by atoms with Gasteiger partial charge in [-0.3, -0.25) is 9.59 Å². The van der Waals surface area contributed by atoms with Crippen LogP contribution in [-0.2, 0) is 46.6 Å². The number of hydrogen-bond acceptors (Lipinski definition) is 8. The molecule has 3 rings (SSSR count). The smallest absolute Gasteiger partial charge is 0.351 e. The monoisotopic (exact) mass is 542 g/mol. The molecule has 0 bridgehead atoms. The Labute approximate surface area is 229 Å². The maximum Gasteiger partial charge on any atom is 0.351 e. The number of aliphatic carboxylic acids is 1. The summed E-state index contributed by atoms with van der Waals surface area (Å²) in [6.07, 6.45) is 2.29. The van der Waals surface area contributed by atoms with Crippen molar-refractivity contribution in [3.63, 3.8) is 0 Å². The maximum absolute atomic E-state index is 11.9. The Morgan fingerprint density at radius 1 is 0.923 bits per heavy atom. The Hall–Kier alpha value is -4.24. The molecular weight excluding hydrogens is 504 g/mol. The van der Waals surface area contributed by atoms with E-state index in [4.69, 9.17) is 19.3 Å². The summed E-state index contributed by atoms with van der Waals surface area (Å²) in [5, 5.41) is 18.7. The number of esters is 3. The number of carbonyl (C=O) groups is 4. The Morgan fingerprint density at radius 2 is 1.41 bits per heavy atom. The second kappa shape index (κ2) is 16.6. The molecule has 9 nitrogen and oxygen atoms in total. The summed E-state index contributed by atoms with van der Waals surface area (Å²) in [6, 6.07) is 18.3. The first-order valence-corrected chi connectivity index (χ1v) is 11.4. The van der Waals surface area contributed by atoms with Gasteiger partial charge in [0.2, 0.25) is 5.60 Å². The normalized spacial score (nSPS) is 16.5. The first-order valence-electron chi connectivity index (χ1n) is 11.4. The highest BCUT2D eigenvalue weighted by molar-refractivity contribution is 5.93. The Morgan fingerprint density at radius 3 is 1.82 bits per heavy atom. The lowest BCUT2D eigenvalue weighted by Crippen LogP contribution is -2.54. The highest BCUT2D eigenvalue weighted by Gasteiger charge is 2.53. The van der Waals surface area contributed by atoms with Crippen molar-refractivity contribution in [3.8, 4) is 0 Å². The van der Waals surface area contributed by atoms with E-state index in [2.05, 4.69) is 13.2 Å². The molecule has 2 atom stereocenters. The van der Waals surface area contributed by atoms with Crippen LogP contribution >= 0.6 is 0 Å². The molecule has 0 radical (unpaired) electrons. The van der Waals surface area contributed by atoms with Crippen LogP contribution in [0, 0.1) is 0 Å². The van der Waals surface area contributed by atoms with Crippen LogP contribution in [0.25, 0.3) is 0 Å². The number of carboxylic acid groups (broad SMARTS) is 1. The van der Waals surface area contributed by atoms with E-state index in [9.17, 15) is 24.3 Å². The summed E-state index contributed by atoms with van der Waals surface area (Å²) in [6.45, 7) is 7.11. The van der Waals surface area contributed by atoms with Crippen molar-refractivity contribution in [2.75, 3.05) is 0 Å². The van der Waals surface area contributed by atoms with Gasteiger partial charge in [-0.25, -0.2) is 9.59 Å². The zero-order valence-electron chi connectivity index (χ0n) is 20.3. The summed E-state index contributed by atoms with van der Waals surface area (Å²) in [5.74, 6) is -3.13. The lowest BCUT2D eigenvalue weighted by molar-refractivity contribution is -0.208. The van der Waals surface area contributed by atoms with E-state index in [0.717, 1.165) is 11.1 Å². The number of aliphatic hydroxyl groups is 1. The number of ether oxygens (including phenoxy) is 3. The van der Waals surface area contributed by atoms with Crippen LogP contribution in [-0.4, -0.2) is 45.3 Å². The van der Waals surface area contributed by atoms with Crippen LogP contribution in [0.3, 0.4) is 0 Å². The molecule has 0 aliphatic carbocycles. The molecule has 0 unspecified atom stereocenters. The Kier molecular flexibility index (Phi) is 14.8. The fourth-order valence-corrected chi connectivity index (χ4v) is 3.42. The molecule has 0 amide bonds. The van der Waals surface area contributed by atoms with E-state index in [1.807, 2.05) is 36.4 Å². The highest BCUT2D eigenvalue weighted by atomic mass is 16.6. The molecule has 1 heterocycles. The molecule has 2 aromatic rings. The summed E-state index contributed by atoms with van der Waals surface area (Å²) < 4.78 is 15.1. The third kappa shape index (κ3) is 10.6. The minimum absolute atomic E-state index is 0. The summed E-state index contributed by atoms with van der Waals surface area (Å²) in [4.78, 5) is 45.3. The van der Waals surface area contributed by atoms with Gasteiger partial charge in [-0.05, 0) is 11.1 Å². The standard InChI is InChI=1S/C14H16O5.C14H14O4.2CH4/c1-2-8-14(18,9-12(15)16)13(17)19-10-11-6-4-3-5-7-11;1-2-8-14(9-12(15)18-14)13(16)17-10-11-6-4-3-5-7-11;;/h2-7,18H,1,8-10H2,(H,15,16);2-7H,1,8-10H2;2*1H4/t2*14-;;/m11../s1. The third-order valence-electron chi connectivity index (χ3n) is 5.32. The molecule has 9 heteroatoms. The Bertz CT molecular complexity index is 1080. The second-order valence-corrected chi connectivity index (χ2v) is 8.36. The van der Waals surface area contributed by atoms with Crippen molar-refractivity contribution in [1.82, 2.24) is 0 Å². The van der Waals surface area contributed by atoms with Crippen molar-refractivity contribution in [1.29, 1.82) is 0 Å². The summed E-state index contributed by atoms with van der Waals surface area (Å²) in [7, 11) is 0. The predicted octanol–water partition coefficient (Wildman–Crippen LogP) is 4.78. The van der Waals surface area contributed by atoms with Crippen molar-refractivity contribution in [2.45, 2.75) is 65.0 Å². The SMILES string of the molecule is C.C.C=CC[C@@](O)(CC(=O)O)C(=O)OCc1ccccc1.C=CC[C@]1(C(=O)OCc2ccccc2)CC(=O)O1. The second-order valence-electron chi connectivity index (χ2n) is 8.36. The van der Waals surface area contributed by atoms with Crippen LogP contribution in [0.2, 0.25) is 0 Å². The molecule has 0 spiro atoms. The lowest BCUT2D eigenvalue weighted by Gasteiger charge is -2.37. The maximum atomic E-state index is 11.9. The van der Waals surface area contributed by atoms with Crippen molar-refractivity contribution >= 4 is 23.9 Å². The van der Waals surface area contributed by atoms with Crippen molar-refractivity contribution < 1.29 is 43.6 Å². The van der Waals surface area contributed by atoms with Crippen LogP contribution in [0.15, 0.2) is 86.0 Å². The topological polar surface area (TPSA) is 136 Å². The number of carboxylic acids is 1. The highest BCUT2D eigenvalue weighted by Crippen LogP contribution is 2.33. The number of benzene rings is 2. The zero-order chi connectivity index (χ0) is 27.3. The van der Waals surface area contributed by atoms with E-state index in [-0.39, 0.29) is 53.3 Å². The van der Waals surface area contributed by atoms with E-state index in [1.54, 1.807) is 30.3 Å². The summed E-state index contributed by atoms with van der Waals surface area (Å²) in [5.41, 5.74) is -1.56. The molecule has 2 aromatic carbocycles. The van der Waals surface area contributed by atoms with Crippen LogP contribution in [0.5, 0.6) is 0 Å². The van der Waals surface area contributed by atoms with Crippen LogP contribution in [0.4, 0.5) is 0 Å². The fourth-order valence-electron chi connectivity index (χ4n) is 3.42. The minimum atomic E-state index is -2.07. The molecular formula is C30H38O9. The quantitative estimate of drug-likeness (QED) is 0.221. The summed E-state index contributed by atoms with van der Waals surface area (Å²) >= 11 is 0. The molecule has 0 aromatic heterocycles. The predicted molar refractivity (Wildman–Crippen MR) is 146 cm³/mol. The zero-order valence-corrected chi connectivity index (χ0v) is 20.3. The van der Waals surface area contributed by atoms with E-state index < -0.39 is 35.5 Å². The average molecular weight is 543 g/mol. The van der Waals surface area contributed by atoms with Gasteiger partial charge in [0.15, 0.2) is 5.60 Å². The first kappa shape index (κ1) is 34.8. The molecule has 0 saturated carbocycles. The van der Waals surface area contributed by atoms with Gasteiger partial charge in [0.05, 0.1) is 12.8 Å². The van der Waals surface area contributed by atoms with Gasteiger partial charge in [0, 0.05) is 12.8 Å². The van der Waals surface area contributed by atoms with Gasteiger partial charge in [-0.2, -0.15) is 0 Å². The van der Waals surface area contributed by atoms with Crippen LogP contribution in [0.1, 0.15) is 51.7 Å². The van der Waals surface area contributed by atoms with E-state index in [0.29, 0.717) is 0 Å². The lowest BCUT2D eigenvalue weighted by atomic mass is 9.90. The molecule has 212 valence electrons. The minimum Gasteiger partial charge on any atom is -0.481 e. The average Bonchev–Trinajstić information content (AvgIpc) is 2.86. The molecule has 1 saturated heterocycles. The van der Waals surface area contributed by atoms with E-state index >= 15 is 0 Å². The molecule has 1 aliphatic heterocycles. The van der Waals surface area contributed by atoms with E-state index in [1.165, 1.54) is 6.08 Å². The molecule has 39 heavy (non-hydrogen) atoms. The van der Waals surface area contributed by atoms with Gasteiger partial charge < -0.3 is 24.4 Å². The number of carbonyl (C=O) groups excluding carboxylic acids is 3. The Balaban J connectivity index is 0.000000705. The van der Waals surface area contributed by atoms with Gasteiger partial charge in [0.25, 0.3) is 0 Å². The van der Waals surface area contributed by atoms with Crippen molar-refractivity contribution in [3.05, 3.63) is 97.1 Å². The van der Waals surface area contributed by atoms with Crippen LogP contribution < -0.4 is 0 Å². The number of rotatable bonds is 12. The third-order valence-corrected chi connectivity index (χ3v) is 5.32. The molecule has 1 aliphatic rings. The number of cyclic esters (lactones) is 1. The number of hydrogen-bond donors (Lipinski definition) is 2. The van der Waals surface area contributed by atoms with Crippen molar-refractivity contribution in [2.24, 2.45) is 0 Å². The van der Waals surface area contributed by atoms with Gasteiger partial charge in [-0.15, -0.1) is 13.2 Å². The fraction of sp³-hybridized carbons (Fsp3) is 0.333. The molecule has 2 N–H and O–H groups in total. The first-order chi connectivity index (χ1) is 17.6. The largest absolute Gasteiger partial charge is 0.481 e.